The Kier molecular flexibility index (Phi) is 4.59. The third kappa shape index (κ3) is 3.36. The Morgan fingerprint density at radius 1 is 0.929 bits per heavy atom. The summed E-state index contributed by atoms with van der Waals surface area (Å²) in [6.07, 6.45) is 3.29. The molecule has 0 aliphatic carbocycles. The molecular formula is C23H24N4O. The van der Waals surface area contributed by atoms with Gasteiger partial charge in [-0.05, 0) is 61.6 Å². The van der Waals surface area contributed by atoms with Gasteiger partial charge in [0.1, 0.15) is 17.5 Å². The van der Waals surface area contributed by atoms with Gasteiger partial charge in [-0.25, -0.2) is 14.6 Å². The predicted molar refractivity (Wildman–Crippen MR) is 111 cm³/mol. The lowest BCUT2D eigenvalue weighted by Gasteiger charge is -2.11. The summed E-state index contributed by atoms with van der Waals surface area (Å²) in [7, 11) is 0. The number of hydrogen-bond donors (Lipinski definition) is 0. The highest BCUT2D eigenvalue weighted by Crippen LogP contribution is 2.30. The van der Waals surface area contributed by atoms with Crippen LogP contribution in [0.5, 0.6) is 11.6 Å². The Bertz CT molecular complexity index is 1160. The van der Waals surface area contributed by atoms with Crippen molar-refractivity contribution in [3.63, 3.8) is 0 Å². The largest absolute Gasteiger partial charge is 0.438 e. The van der Waals surface area contributed by atoms with Crippen LogP contribution in [-0.4, -0.2) is 19.7 Å². The summed E-state index contributed by atoms with van der Waals surface area (Å²) in [5.74, 6) is 1.73. The number of hydrogen-bond acceptors (Lipinski definition) is 4. The highest BCUT2D eigenvalue weighted by Gasteiger charge is 2.15. The fourth-order valence-corrected chi connectivity index (χ4v) is 3.40. The van der Waals surface area contributed by atoms with Gasteiger partial charge in [0.15, 0.2) is 5.65 Å². The minimum Gasteiger partial charge on any atom is -0.438 e. The smallest absolute Gasteiger partial charge is 0.233 e. The Hall–Kier alpha value is -3.21. The lowest BCUT2D eigenvalue weighted by molar-refractivity contribution is 0.466. The van der Waals surface area contributed by atoms with Gasteiger partial charge in [-0.1, -0.05) is 37.6 Å². The first kappa shape index (κ1) is 18.2. The zero-order chi connectivity index (χ0) is 19.8. The Morgan fingerprint density at radius 2 is 1.75 bits per heavy atom. The maximum atomic E-state index is 6.16. The van der Waals surface area contributed by atoms with Gasteiger partial charge in [0.2, 0.25) is 5.88 Å². The molecule has 4 aromatic rings. The predicted octanol–water partition coefficient (Wildman–Crippen LogP) is 5.66. The maximum Gasteiger partial charge on any atom is 0.233 e. The summed E-state index contributed by atoms with van der Waals surface area (Å²) in [5.41, 5.74) is 6.50. The molecule has 0 saturated heterocycles. The molecule has 0 amide bonds. The second kappa shape index (κ2) is 7.08. The lowest BCUT2D eigenvalue weighted by Crippen LogP contribution is -2.01. The molecular weight excluding hydrogens is 348 g/mol. The highest BCUT2D eigenvalue weighted by atomic mass is 16.5. The van der Waals surface area contributed by atoms with Crippen LogP contribution in [0.4, 0.5) is 0 Å². The number of fused-ring (bicyclic) bond motifs is 1. The van der Waals surface area contributed by atoms with E-state index in [1.807, 2.05) is 10.7 Å². The second-order valence-electron chi connectivity index (χ2n) is 7.60. The number of rotatable bonds is 4. The molecule has 0 aliphatic heterocycles. The number of aromatic nitrogens is 4. The van der Waals surface area contributed by atoms with Gasteiger partial charge in [-0.15, -0.1) is 0 Å². The second-order valence-corrected chi connectivity index (χ2v) is 7.60. The van der Waals surface area contributed by atoms with E-state index < -0.39 is 0 Å². The average molecular weight is 372 g/mol. The summed E-state index contributed by atoms with van der Waals surface area (Å²) >= 11 is 0. The molecule has 0 aliphatic rings. The number of ether oxygens (including phenoxy) is 1. The number of nitrogens with zero attached hydrogens (tertiary/aromatic N) is 4. The molecule has 28 heavy (non-hydrogen) atoms. The highest BCUT2D eigenvalue weighted by molar-refractivity contribution is 5.81. The molecule has 0 spiro atoms. The molecule has 2 aromatic heterocycles. The van der Waals surface area contributed by atoms with Gasteiger partial charge in [-0.2, -0.15) is 5.10 Å². The maximum absolute atomic E-state index is 6.16. The monoisotopic (exact) mass is 372 g/mol. The summed E-state index contributed by atoms with van der Waals surface area (Å²) < 4.78 is 8.00. The van der Waals surface area contributed by atoms with Crippen LogP contribution in [0.1, 0.15) is 42.0 Å². The average Bonchev–Trinajstić information content (AvgIpc) is 3.06. The molecule has 142 valence electrons. The van der Waals surface area contributed by atoms with Crippen LogP contribution in [0.25, 0.3) is 16.7 Å². The van der Waals surface area contributed by atoms with Crippen LogP contribution >= 0.6 is 0 Å². The van der Waals surface area contributed by atoms with E-state index in [2.05, 4.69) is 80.0 Å². The van der Waals surface area contributed by atoms with Gasteiger partial charge in [0.25, 0.3) is 0 Å². The zero-order valence-corrected chi connectivity index (χ0v) is 16.9. The Labute approximate surface area is 165 Å². The summed E-state index contributed by atoms with van der Waals surface area (Å²) in [4.78, 5) is 8.82. The van der Waals surface area contributed by atoms with Crippen molar-refractivity contribution < 1.29 is 4.74 Å². The minimum absolute atomic E-state index is 0.430. The summed E-state index contributed by atoms with van der Waals surface area (Å²) in [5, 5.41) is 5.34. The van der Waals surface area contributed by atoms with E-state index in [1.165, 1.54) is 17.5 Å². The molecule has 5 heteroatoms. The van der Waals surface area contributed by atoms with Crippen molar-refractivity contribution in [1.82, 2.24) is 19.7 Å². The van der Waals surface area contributed by atoms with E-state index in [-0.39, 0.29) is 0 Å². The van der Waals surface area contributed by atoms with Gasteiger partial charge < -0.3 is 4.74 Å². The van der Waals surface area contributed by atoms with Gasteiger partial charge in [-0.3, -0.25) is 0 Å². The van der Waals surface area contributed by atoms with Crippen molar-refractivity contribution in [3.05, 3.63) is 71.2 Å². The van der Waals surface area contributed by atoms with E-state index in [1.54, 1.807) is 6.20 Å². The third-order valence-electron chi connectivity index (χ3n) is 4.86. The first-order valence-corrected chi connectivity index (χ1v) is 9.48. The fraction of sp³-hybridized carbons (Fsp3) is 0.261. The fourth-order valence-electron chi connectivity index (χ4n) is 3.40. The van der Waals surface area contributed by atoms with Crippen LogP contribution in [0.15, 0.2) is 48.9 Å². The molecule has 0 atom stereocenters. The van der Waals surface area contributed by atoms with Gasteiger partial charge >= 0.3 is 0 Å². The molecule has 0 saturated carbocycles. The number of benzene rings is 2. The molecule has 5 nitrogen and oxygen atoms in total. The van der Waals surface area contributed by atoms with Crippen molar-refractivity contribution in [3.8, 4) is 17.3 Å². The standard InChI is InChI=1S/C23H24N4O/c1-14(2)18-9-16(4)10-19(11-18)28-23-20-12-26-27(22(20)24-13-25-23)21-7-6-15(3)8-17(21)5/h6-14H,1-5H3. The zero-order valence-electron chi connectivity index (χ0n) is 16.9. The molecule has 0 radical (unpaired) electrons. The van der Waals surface area contributed by atoms with Crippen molar-refractivity contribution in [1.29, 1.82) is 0 Å². The van der Waals surface area contributed by atoms with Crippen LogP contribution in [0, 0.1) is 20.8 Å². The Morgan fingerprint density at radius 3 is 2.50 bits per heavy atom. The van der Waals surface area contributed by atoms with E-state index >= 15 is 0 Å². The summed E-state index contributed by atoms with van der Waals surface area (Å²) in [6.45, 7) is 10.6. The van der Waals surface area contributed by atoms with Crippen molar-refractivity contribution >= 4 is 11.0 Å². The first-order chi connectivity index (χ1) is 13.4. The van der Waals surface area contributed by atoms with Gasteiger partial charge in [0.05, 0.1) is 11.9 Å². The van der Waals surface area contributed by atoms with Crippen LogP contribution in [0.3, 0.4) is 0 Å². The van der Waals surface area contributed by atoms with Crippen LogP contribution in [-0.2, 0) is 0 Å². The SMILES string of the molecule is Cc1cc(Oc2ncnc3c2cnn3-c2ccc(C)cc2C)cc(C(C)C)c1. The molecule has 0 unspecified atom stereocenters. The Balaban J connectivity index is 1.77. The molecule has 0 bridgehead atoms. The molecule has 4 rings (SSSR count). The lowest BCUT2D eigenvalue weighted by atomic mass is 10.0. The van der Waals surface area contributed by atoms with E-state index in [9.17, 15) is 0 Å². The third-order valence-corrected chi connectivity index (χ3v) is 4.86. The van der Waals surface area contributed by atoms with Crippen molar-refractivity contribution in [2.24, 2.45) is 0 Å². The quantitative estimate of drug-likeness (QED) is 0.464. The topological polar surface area (TPSA) is 52.8 Å². The molecule has 0 N–H and O–H groups in total. The minimum atomic E-state index is 0.430. The van der Waals surface area contributed by atoms with Crippen LogP contribution in [0.2, 0.25) is 0 Å². The molecule has 0 fully saturated rings. The van der Waals surface area contributed by atoms with E-state index in [0.29, 0.717) is 11.8 Å². The van der Waals surface area contributed by atoms with Gasteiger partial charge in [0, 0.05) is 0 Å². The van der Waals surface area contributed by atoms with E-state index in [0.717, 1.165) is 33.6 Å². The molecule has 2 aromatic carbocycles. The number of aryl methyl sites for hydroxylation is 3. The summed E-state index contributed by atoms with van der Waals surface area (Å²) in [6, 6.07) is 12.6. The van der Waals surface area contributed by atoms with Crippen molar-refractivity contribution in [2.75, 3.05) is 0 Å². The van der Waals surface area contributed by atoms with Crippen molar-refractivity contribution in [2.45, 2.75) is 40.5 Å². The first-order valence-electron chi connectivity index (χ1n) is 9.48. The van der Waals surface area contributed by atoms with Crippen LogP contribution < -0.4 is 4.74 Å². The van der Waals surface area contributed by atoms with E-state index in [4.69, 9.17) is 4.74 Å². The molecule has 2 heterocycles. The normalized spacial score (nSPS) is 11.4.